The summed E-state index contributed by atoms with van der Waals surface area (Å²) < 4.78 is 5.02. The van der Waals surface area contributed by atoms with E-state index in [1.165, 1.54) is 6.20 Å². The topological polar surface area (TPSA) is 89.0 Å². The molecule has 0 fully saturated rings. The molecule has 0 radical (unpaired) electrons. The van der Waals surface area contributed by atoms with E-state index < -0.39 is 12.0 Å². The first kappa shape index (κ1) is 13.1. The lowest BCUT2D eigenvalue weighted by Gasteiger charge is -2.14. The number of carbonyl (C=O) groups excluding carboxylic acids is 1. The molecule has 0 amide bonds. The van der Waals surface area contributed by atoms with Crippen LogP contribution in [-0.4, -0.2) is 17.0 Å². The molecule has 90 valence electrons. The molecule has 0 saturated heterocycles. The van der Waals surface area contributed by atoms with E-state index in [9.17, 15) is 4.79 Å². The smallest absolute Gasteiger partial charge is 0.323 e. The summed E-state index contributed by atoms with van der Waals surface area (Å²) in [6.07, 6.45) is 1.44. The van der Waals surface area contributed by atoms with Crippen molar-refractivity contribution >= 4 is 5.97 Å². The number of nitrogens with two attached hydrogens (primary N) is 1. The third-order valence-electron chi connectivity index (χ3n) is 2.31. The highest BCUT2D eigenvalue weighted by molar-refractivity contribution is 5.75. The SMILES string of the molecule is CC(C)[C@H](N)C(=O)OCc1ccc(C#N)cn1. The van der Waals surface area contributed by atoms with Gasteiger partial charge in [0.2, 0.25) is 0 Å². The van der Waals surface area contributed by atoms with E-state index in [2.05, 4.69) is 4.98 Å². The average molecular weight is 233 g/mol. The number of hydrogen-bond acceptors (Lipinski definition) is 5. The van der Waals surface area contributed by atoms with Crippen molar-refractivity contribution in [1.29, 1.82) is 5.26 Å². The molecule has 0 aromatic carbocycles. The number of nitriles is 1. The molecule has 5 nitrogen and oxygen atoms in total. The van der Waals surface area contributed by atoms with Gasteiger partial charge in [-0.25, -0.2) is 0 Å². The minimum Gasteiger partial charge on any atom is -0.458 e. The van der Waals surface area contributed by atoms with Crippen molar-refractivity contribution in [3.05, 3.63) is 29.6 Å². The van der Waals surface area contributed by atoms with E-state index in [0.29, 0.717) is 11.3 Å². The summed E-state index contributed by atoms with van der Waals surface area (Å²) in [6, 6.07) is 4.61. The molecule has 5 heteroatoms. The van der Waals surface area contributed by atoms with Crippen molar-refractivity contribution in [3.63, 3.8) is 0 Å². The quantitative estimate of drug-likeness (QED) is 0.783. The Hall–Kier alpha value is -1.93. The lowest BCUT2D eigenvalue weighted by Crippen LogP contribution is -2.36. The first-order chi connectivity index (χ1) is 8.04. The van der Waals surface area contributed by atoms with E-state index in [0.717, 1.165) is 0 Å². The molecule has 0 unspecified atom stereocenters. The fraction of sp³-hybridized carbons (Fsp3) is 0.417. The lowest BCUT2D eigenvalue weighted by molar-refractivity contribution is -0.147. The van der Waals surface area contributed by atoms with Gasteiger partial charge in [-0.1, -0.05) is 13.8 Å². The molecule has 1 aromatic rings. The minimum absolute atomic E-state index is 0.0384. The lowest BCUT2D eigenvalue weighted by atomic mass is 10.1. The summed E-state index contributed by atoms with van der Waals surface area (Å²) in [6.45, 7) is 3.78. The van der Waals surface area contributed by atoms with Crippen molar-refractivity contribution in [2.24, 2.45) is 11.7 Å². The zero-order valence-corrected chi connectivity index (χ0v) is 9.88. The molecule has 0 bridgehead atoms. The van der Waals surface area contributed by atoms with Gasteiger partial charge in [-0.05, 0) is 18.1 Å². The second kappa shape index (κ2) is 5.97. The number of nitrogens with zero attached hydrogens (tertiary/aromatic N) is 2. The summed E-state index contributed by atoms with van der Waals surface area (Å²) in [5, 5.41) is 8.59. The molecule has 1 aromatic heterocycles. The Labute approximate surface area is 100 Å². The predicted molar refractivity (Wildman–Crippen MR) is 61.6 cm³/mol. The van der Waals surface area contributed by atoms with Gasteiger partial charge < -0.3 is 10.5 Å². The Morgan fingerprint density at radius 3 is 2.76 bits per heavy atom. The van der Waals surface area contributed by atoms with Gasteiger partial charge in [0, 0.05) is 6.20 Å². The van der Waals surface area contributed by atoms with Crippen molar-refractivity contribution in [1.82, 2.24) is 4.98 Å². The van der Waals surface area contributed by atoms with Crippen molar-refractivity contribution in [3.8, 4) is 6.07 Å². The van der Waals surface area contributed by atoms with Crippen LogP contribution in [0.3, 0.4) is 0 Å². The summed E-state index contributed by atoms with van der Waals surface area (Å²) in [7, 11) is 0. The van der Waals surface area contributed by atoms with Crippen LogP contribution >= 0.6 is 0 Å². The number of hydrogen-bond donors (Lipinski definition) is 1. The third-order valence-corrected chi connectivity index (χ3v) is 2.31. The molecule has 1 heterocycles. The maximum atomic E-state index is 11.5. The van der Waals surface area contributed by atoms with Crippen LogP contribution in [0.4, 0.5) is 0 Å². The largest absolute Gasteiger partial charge is 0.458 e. The first-order valence-electron chi connectivity index (χ1n) is 5.32. The Balaban J connectivity index is 2.50. The normalized spacial score (nSPS) is 11.9. The molecule has 0 aliphatic rings. The highest BCUT2D eigenvalue weighted by atomic mass is 16.5. The predicted octanol–water partition coefficient (Wildman–Crippen LogP) is 0.980. The van der Waals surface area contributed by atoms with E-state index >= 15 is 0 Å². The van der Waals surface area contributed by atoms with Gasteiger partial charge >= 0.3 is 5.97 Å². The zero-order valence-electron chi connectivity index (χ0n) is 9.88. The summed E-state index contributed by atoms with van der Waals surface area (Å²) in [5.41, 5.74) is 6.69. The average Bonchev–Trinajstić information content (AvgIpc) is 2.35. The van der Waals surface area contributed by atoms with Crippen LogP contribution in [0.15, 0.2) is 18.3 Å². The van der Waals surface area contributed by atoms with Crippen LogP contribution < -0.4 is 5.73 Å². The van der Waals surface area contributed by atoms with Gasteiger partial charge in [0.1, 0.15) is 18.7 Å². The number of ether oxygens (including phenoxy) is 1. The van der Waals surface area contributed by atoms with Crippen molar-refractivity contribution in [2.75, 3.05) is 0 Å². The van der Waals surface area contributed by atoms with Crippen molar-refractivity contribution < 1.29 is 9.53 Å². The van der Waals surface area contributed by atoms with E-state index in [-0.39, 0.29) is 12.5 Å². The second-order valence-electron chi connectivity index (χ2n) is 4.03. The second-order valence-corrected chi connectivity index (χ2v) is 4.03. The van der Waals surface area contributed by atoms with Crippen LogP contribution in [0.25, 0.3) is 0 Å². The maximum Gasteiger partial charge on any atom is 0.323 e. The molecule has 0 spiro atoms. The maximum absolute atomic E-state index is 11.5. The summed E-state index contributed by atoms with van der Waals surface area (Å²) in [5.74, 6) is -0.400. The van der Waals surface area contributed by atoms with Crippen LogP contribution in [0.5, 0.6) is 0 Å². The standard InChI is InChI=1S/C12H15N3O2/c1-8(2)11(14)12(16)17-7-10-4-3-9(5-13)6-15-10/h3-4,6,8,11H,7,14H2,1-2H3/t11-/m0/s1. The van der Waals surface area contributed by atoms with Gasteiger partial charge in [-0.15, -0.1) is 0 Å². The Bertz CT molecular complexity index is 420. The Morgan fingerprint density at radius 1 is 1.59 bits per heavy atom. The zero-order chi connectivity index (χ0) is 12.8. The highest BCUT2D eigenvalue weighted by Gasteiger charge is 2.18. The van der Waals surface area contributed by atoms with Crippen molar-refractivity contribution in [2.45, 2.75) is 26.5 Å². The van der Waals surface area contributed by atoms with Crippen LogP contribution in [0, 0.1) is 17.2 Å². The number of rotatable bonds is 4. The molecule has 2 N–H and O–H groups in total. The van der Waals surface area contributed by atoms with Gasteiger partial charge in [-0.3, -0.25) is 9.78 Å². The molecule has 0 aliphatic heterocycles. The van der Waals surface area contributed by atoms with Gasteiger partial charge in [-0.2, -0.15) is 5.26 Å². The number of aromatic nitrogens is 1. The third kappa shape index (κ3) is 3.85. The molecular formula is C12H15N3O2. The van der Waals surface area contributed by atoms with Crippen LogP contribution in [-0.2, 0) is 16.1 Å². The highest BCUT2D eigenvalue weighted by Crippen LogP contribution is 2.04. The monoisotopic (exact) mass is 233 g/mol. The number of carbonyl (C=O) groups is 1. The van der Waals surface area contributed by atoms with Gasteiger partial charge in [0.25, 0.3) is 0 Å². The fourth-order valence-corrected chi connectivity index (χ4v) is 1.09. The first-order valence-corrected chi connectivity index (χ1v) is 5.32. The summed E-state index contributed by atoms with van der Waals surface area (Å²) in [4.78, 5) is 15.4. The molecule has 0 saturated carbocycles. The molecule has 17 heavy (non-hydrogen) atoms. The summed E-state index contributed by atoms with van der Waals surface area (Å²) >= 11 is 0. The number of esters is 1. The van der Waals surface area contributed by atoms with Gasteiger partial charge in [0.15, 0.2) is 0 Å². The van der Waals surface area contributed by atoms with E-state index in [4.69, 9.17) is 15.7 Å². The Morgan fingerprint density at radius 2 is 2.29 bits per heavy atom. The van der Waals surface area contributed by atoms with Crippen LogP contribution in [0.1, 0.15) is 25.1 Å². The molecule has 1 rings (SSSR count). The fourth-order valence-electron chi connectivity index (χ4n) is 1.09. The van der Waals surface area contributed by atoms with E-state index in [1.807, 2.05) is 19.9 Å². The molecule has 1 atom stereocenters. The molecule has 0 aliphatic carbocycles. The molecular weight excluding hydrogens is 218 g/mol. The van der Waals surface area contributed by atoms with E-state index in [1.54, 1.807) is 12.1 Å². The Kier molecular flexibility index (Phi) is 4.61. The number of pyridine rings is 1. The van der Waals surface area contributed by atoms with Crippen LogP contribution in [0.2, 0.25) is 0 Å². The minimum atomic E-state index is -0.617. The van der Waals surface area contributed by atoms with Gasteiger partial charge in [0.05, 0.1) is 11.3 Å².